The quantitative estimate of drug-likeness (QED) is 0.516. The SMILES string of the molecule is Cc1ccc(-c2cc(C(=O)NC(C)c3noc(C)n3)cc(-c3ncccc3F)c2)nc1. The Labute approximate surface area is 178 Å². The summed E-state index contributed by atoms with van der Waals surface area (Å²) in [5.74, 6) is -0.0466. The summed E-state index contributed by atoms with van der Waals surface area (Å²) in [6.07, 6.45) is 3.25. The maximum absolute atomic E-state index is 14.4. The number of hydrogen-bond donors (Lipinski definition) is 1. The number of aryl methyl sites for hydroxylation is 2. The molecule has 8 heteroatoms. The largest absolute Gasteiger partial charge is 0.342 e. The standard InChI is InChI=1S/C23H20FN5O2/c1-13-6-7-20(26-12-13)16-9-17(21-19(24)5-4-8-25-21)11-18(10-16)23(30)27-14(2)22-28-15(3)31-29-22/h4-12,14H,1-3H3,(H,27,30). The number of pyridine rings is 2. The van der Waals surface area contributed by atoms with Gasteiger partial charge in [0.05, 0.1) is 11.7 Å². The van der Waals surface area contributed by atoms with Crippen molar-refractivity contribution in [2.24, 2.45) is 0 Å². The van der Waals surface area contributed by atoms with Gasteiger partial charge >= 0.3 is 0 Å². The molecule has 1 N–H and O–H groups in total. The first-order chi connectivity index (χ1) is 14.9. The lowest BCUT2D eigenvalue weighted by atomic mass is 9.99. The van der Waals surface area contributed by atoms with Crippen LogP contribution in [-0.4, -0.2) is 26.0 Å². The van der Waals surface area contributed by atoms with E-state index in [4.69, 9.17) is 4.52 Å². The molecule has 0 aliphatic carbocycles. The molecule has 0 radical (unpaired) electrons. The molecule has 1 aromatic carbocycles. The van der Waals surface area contributed by atoms with Crippen LogP contribution >= 0.6 is 0 Å². The molecule has 0 spiro atoms. The molecule has 7 nitrogen and oxygen atoms in total. The molecular weight excluding hydrogens is 397 g/mol. The number of carbonyl (C=O) groups is 1. The molecule has 1 atom stereocenters. The van der Waals surface area contributed by atoms with Gasteiger partial charge in [-0.25, -0.2) is 4.39 Å². The Kier molecular flexibility index (Phi) is 5.53. The fourth-order valence-electron chi connectivity index (χ4n) is 3.12. The van der Waals surface area contributed by atoms with Crippen molar-refractivity contribution >= 4 is 5.91 Å². The van der Waals surface area contributed by atoms with Crippen LogP contribution in [0.25, 0.3) is 22.5 Å². The smallest absolute Gasteiger partial charge is 0.251 e. The minimum absolute atomic E-state index is 0.160. The number of carbonyl (C=O) groups excluding carboxylic acids is 1. The summed E-state index contributed by atoms with van der Waals surface area (Å²) in [7, 11) is 0. The summed E-state index contributed by atoms with van der Waals surface area (Å²) in [6.45, 7) is 5.38. The fraction of sp³-hybridized carbons (Fsp3) is 0.174. The van der Waals surface area contributed by atoms with Crippen molar-refractivity contribution in [3.8, 4) is 22.5 Å². The van der Waals surface area contributed by atoms with Gasteiger partial charge in [-0.05, 0) is 55.8 Å². The highest BCUT2D eigenvalue weighted by atomic mass is 19.1. The molecule has 0 aliphatic heterocycles. The summed E-state index contributed by atoms with van der Waals surface area (Å²) >= 11 is 0. The Morgan fingerprint density at radius 2 is 1.90 bits per heavy atom. The zero-order chi connectivity index (χ0) is 22.0. The van der Waals surface area contributed by atoms with Gasteiger partial charge in [0.1, 0.15) is 11.5 Å². The summed E-state index contributed by atoms with van der Waals surface area (Å²) < 4.78 is 19.4. The second kappa shape index (κ2) is 8.43. The van der Waals surface area contributed by atoms with E-state index in [2.05, 4.69) is 25.4 Å². The Balaban J connectivity index is 1.74. The molecule has 3 heterocycles. The molecule has 3 aromatic heterocycles. The van der Waals surface area contributed by atoms with Crippen molar-refractivity contribution in [3.05, 3.63) is 83.5 Å². The fourth-order valence-corrected chi connectivity index (χ4v) is 3.12. The highest BCUT2D eigenvalue weighted by Crippen LogP contribution is 2.28. The van der Waals surface area contributed by atoms with Gasteiger partial charge in [0.2, 0.25) is 5.89 Å². The number of nitrogens with one attached hydrogen (secondary N) is 1. The molecule has 1 unspecified atom stereocenters. The van der Waals surface area contributed by atoms with Gasteiger partial charge in [0, 0.05) is 36.0 Å². The molecule has 0 aliphatic rings. The van der Waals surface area contributed by atoms with Gasteiger partial charge in [-0.3, -0.25) is 14.8 Å². The van der Waals surface area contributed by atoms with Crippen LogP contribution in [0.4, 0.5) is 4.39 Å². The van der Waals surface area contributed by atoms with Gasteiger partial charge in [-0.2, -0.15) is 4.98 Å². The average Bonchev–Trinajstić information content (AvgIpc) is 3.21. The van der Waals surface area contributed by atoms with E-state index in [1.165, 1.54) is 18.3 Å². The maximum atomic E-state index is 14.4. The molecule has 0 fully saturated rings. The third-order valence-corrected chi connectivity index (χ3v) is 4.71. The predicted octanol–water partition coefficient (Wildman–Crippen LogP) is 4.44. The van der Waals surface area contributed by atoms with Gasteiger partial charge in [-0.15, -0.1) is 0 Å². The summed E-state index contributed by atoms with van der Waals surface area (Å²) in [5, 5.41) is 6.69. The maximum Gasteiger partial charge on any atom is 0.251 e. The van der Waals surface area contributed by atoms with Crippen LogP contribution in [0.15, 0.2) is 59.4 Å². The van der Waals surface area contributed by atoms with Crippen molar-refractivity contribution in [3.63, 3.8) is 0 Å². The van der Waals surface area contributed by atoms with Crippen molar-refractivity contribution in [1.82, 2.24) is 25.4 Å². The van der Waals surface area contributed by atoms with Gasteiger partial charge in [0.15, 0.2) is 5.82 Å². The first kappa shape index (κ1) is 20.3. The molecule has 4 rings (SSSR count). The number of amides is 1. The summed E-state index contributed by atoms with van der Waals surface area (Å²) in [5.41, 5.74) is 3.33. The van der Waals surface area contributed by atoms with Crippen molar-refractivity contribution in [2.45, 2.75) is 26.8 Å². The average molecular weight is 417 g/mol. The van der Waals surface area contributed by atoms with Crippen LogP contribution in [0.1, 0.15) is 40.6 Å². The Hall–Kier alpha value is -3.94. The lowest BCUT2D eigenvalue weighted by Crippen LogP contribution is -2.27. The lowest BCUT2D eigenvalue weighted by Gasteiger charge is -2.13. The second-order valence-electron chi connectivity index (χ2n) is 7.22. The van der Waals surface area contributed by atoms with E-state index >= 15 is 0 Å². The molecule has 31 heavy (non-hydrogen) atoms. The summed E-state index contributed by atoms with van der Waals surface area (Å²) in [4.78, 5) is 25.7. The van der Waals surface area contributed by atoms with E-state index < -0.39 is 11.9 Å². The highest BCUT2D eigenvalue weighted by molar-refractivity contribution is 5.97. The third-order valence-electron chi connectivity index (χ3n) is 4.71. The first-order valence-electron chi connectivity index (χ1n) is 9.71. The van der Waals surface area contributed by atoms with E-state index in [1.54, 1.807) is 38.2 Å². The Bertz CT molecular complexity index is 1240. The number of rotatable bonds is 5. The normalized spacial score (nSPS) is 11.9. The minimum atomic E-state index is -0.474. The van der Waals surface area contributed by atoms with Crippen LogP contribution in [0, 0.1) is 19.7 Å². The zero-order valence-electron chi connectivity index (χ0n) is 17.3. The van der Waals surface area contributed by atoms with E-state index in [-0.39, 0.29) is 11.6 Å². The molecular formula is C23H20FN5O2. The minimum Gasteiger partial charge on any atom is -0.342 e. The third kappa shape index (κ3) is 4.48. The van der Waals surface area contributed by atoms with Gasteiger partial charge in [0.25, 0.3) is 5.91 Å². The van der Waals surface area contributed by atoms with Crippen molar-refractivity contribution in [1.29, 1.82) is 0 Å². The monoisotopic (exact) mass is 417 g/mol. The summed E-state index contributed by atoms with van der Waals surface area (Å²) in [6, 6.07) is 11.3. The first-order valence-corrected chi connectivity index (χ1v) is 9.71. The number of halogens is 1. The van der Waals surface area contributed by atoms with Crippen molar-refractivity contribution in [2.75, 3.05) is 0 Å². The Morgan fingerprint density at radius 1 is 1.10 bits per heavy atom. The Morgan fingerprint density at radius 3 is 2.58 bits per heavy atom. The van der Waals surface area contributed by atoms with Crippen LogP contribution in [0.2, 0.25) is 0 Å². The molecule has 0 bridgehead atoms. The van der Waals surface area contributed by atoms with Crippen molar-refractivity contribution < 1.29 is 13.7 Å². The van der Waals surface area contributed by atoms with Crippen LogP contribution in [0.3, 0.4) is 0 Å². The molecule has 0 saturated carbocycles. The second-order valence-corrected chi connectivity index (χ2v) is 7.22. The highest BCUT2D eigenvalue weighted by Gasteiger charge is 2.19. The van der Waals surface area contributed by atoms with Gasteiger partial charge < -0.3 is 9.84 Å². The zero-order valence-corrected chi connectivity index (χ0v) is 17.3. The number of aromatic nitrogens is 4. The van der Waals surface area contributed by atoms with E-state index in [9.17, 15) is 9.18 Å². The topological polar surface area (TPSA) is 93.8 Å². The lowest BCUT2D eigenvalue weighted by molar-refractivity contribution is 0.0938. The van der Waals surface area contributed by atoms with Crippen LogP contribution in [-0.2, 0) is 0 Å². The predicted molar refractivity (Wildman–Crippen MR) is 113 cm³/mol. The molecule has 4 aromatic rings. The molecule has 156 valence electrons. The number of benzene rings is 1. The van der Waals surface area contributed by atoms with Crippen LogP contribution < -0.4 is 5.32 Å². The van der Waals surface area contributed by atoms with Crippen LogP contribution in [0.5, 0.6) is 0 Å². The number of nitrogens with zero attached hydrogens (tertiary/aromatic N) is 4. The van der Waals surface area contributed by atoms with E-state index in [1.807, 2.05) is 19.1 Å². The van der Waals surface area contributed by atoms with E-state index in [0.717, 1.165) is 5.56 Å². The number of hydrogen-bond acceptors (Lipinski definition) is 6. The van der Waals surface area contributed by atoms with Gasteiger partial charge in [-0.1, -0.05) is 11.2 Å². The van der Waals surface area contributed by atoms with E-state index in [0.29, 0.717) is 34.1 Å². The molecule has 1 amide bonds. The molecule has 0 saturated heterocycles.